The molecular formula is C16H14ClFN4OS. The van der Waals surface area contributed by atoms with E-state index in [4.69, 9.17) is 22.2 Å². The third-order valence-electron chi connectivity index (χ3n) is 3.19. The van der Waals surface area contributed by atoms with Gasteiger partial charge < -0.3 is 10.6 Å². The van der Waals surface area contributed by atoms with Gasteiger partial charge in [0.05, 0.1) is 0 Å². The van der Waals surface area contributed by atoms with Crippen LogP contribution in [0, 0.1) is 5.82 Å². The molecule has 0 spiro atoms. The van der Waals surface area contributed by atoms with Crippen molar-refractivity contribution in [2.45, 2.75) is 17.5 Å². The highest BCUT2D eigenvalue weighted by atomic mass is 35.5. The maximum absolute atomic E-state index is 13.5. The lowest BCUT2D eigenvalue weighted by molar-refractivity contribution is 0.277. The van der Waals surface area contributed by atoms with Crippen LogP contribution in [-0.4, -0.2) is 14.9 Å². The Hall–Kier alpha value is -2.25. The number of nitrogen functional groups attached to an aromatic ring is 1. The molecule has 8 heteroatoms. The molecule has 0 amide bonds. The van der Waals surface area contributed by atoms with Crippen molar-refractivity contribution in [1.29, 1.82) is 0 Å². The fourth-order valence-corrected chi connectivity index (χ4v) is 3.01. The van der Waals surface area contributed by atoms with E-state index < -0.39 is 5.82 Å². The van der Waals surface area contributed by atoms with Gasteiger partial charge in [0, 0.05) is 10.8 Å². The van der Waals surface area contributed by atoms with Gasteiger partial charge in [-0.25, -0.2) is 9.07 Å². The molecule has 0 unspecified atom stereocenters. The lowest BCUT2D eigenvalue weighted by Gasteiger charge is -2.07. The number of ether oxygens (including phenoxy) is 1. The molecule has 24 heavy (non-hydrogen) atoms. The van der Waals surface area contributed by atoms with Gasteiger partial charge in [-0.15, -0.1) is 10.2 Å². The highest BCUT2D eigenvalue weighted by Crippen LogP contribution is 2.23. The van der Waals surface area contributed by atoms with Gasteiger partial charge in [0.25, 0.3) is 0 Å². The van der Waals surface area contributed by atoms with E-state index in [1.807, 2.05) is 24.3 Å². The van der Waals surface area contributed by atoms with E-state index in [2.05, 4.69) is 10.2 Å². The third-order valence-corrected chi connectivity index (χ3v) is 4.43. The zero-order valence-electron chi connectivity index (χ0n) is 12.5. The van der Waals surface area contributed by atoms with Gasteiger partial charge in [0.1, 0.15) is 6.61 Å². The number of rotatable bonds is 6. The predicted octanol–water partition coefficient (Wildman–Crippen LogP) is 3.66. The summed E-state index contributed by atoms with van der Waals surface area (Å²) in [6.07, 6.45) is 0. The molecule has 1 aromatic heterocycles. The van der Waals surface area contributed by atoms with E-state index in [0.29, 0.717) is 21.8 Å². The number of benzene rings is 2. The Morgan fingerprint density at radius 2 is 2.00 bits per heavy atom. The summed E-state index contributed by atoms with van der Waals surface area (Å²) in [4.78, 5) is 0. The summed E-state index contributed by atoms with van der Waals surface area (Å²) < 4.78 is 20.3. The van der Waals surface area contributed by atoms with Crippen LogP contribution in [0.3, 0.4) is 0 Å². The van der Waals surface area contributed by atoms with Crippen molar-refractivity contribution < 1.29 is 9.13 Å². The average Bonchev–Trinajstić information content (AvgIpc) is 2.92. The number of hydrogen-bond donors (Lipinski definition) is 1. The van der Waals surface area contributed by atoms with Crippen LogP contribution in [0.15, 0.2) is 53.7 Å². The van der Waals surface area contributed by atoms with Crippen LogP contribution in [0.2, 0.25) is 5.02 Å². The van der Waals surface area contributed by atoms with Crippen molar-refractivity contribution in [2.75, 3.05) is 5.84 Å². The fourth-order valence-electron chi connectivity index (χ4n) is 1.98. The minimum absolute atomic E-state index is 0.0299. The molecule has 0 aliphatic heterocycles. The van der Waals surface area contributed by atoms with Crippen molar-refractivity contribution in [3.05, 3.63) is 70.8 Å². The monoisotopic (exact) mass is 364 g/mol. The Bertz CT molecular complexity index is 842. The summed E-state index contributed by atoms with van der Waals surface area (Å²) in [5.41, 5.74) is 1.06. The van der Waals surface area contributed by atoms with Gasteiger partial charge in [0.2, 0.25) is 5.16 Å². The van der Waals surface area contributed by atoms with E-state index in [9.17, 15) is 4.39 Å². The quantitative estimate of drug-likeness (QED) is 0.534. The van der Waals surface area contributed by atoms with Crippen LogP contribution < -0.4 is 10.6 Å². The molecular weight excluding hydrogens is 351 g/mol. The zero-order chi connectivity index (χ0) is 16.9. The van der Waals surface area contributed by atoms with Crippen molar-refractivity contribution in [1.82, 2.24) is 14.9 Å². The molecule has 0 saturated heterocycles. The fraction of sp³-hybridized carbons (Fsp3) is 0.125. The first-order chi connectivity index (χ1) is 11.6. The average molecular weight is 365 g/mol. The van der Waals surface area contributed by atoms with Gasteiger partial charge in [-0.2, -0.15) is 0 Å². The first-order valence-corrected chi connectivity index (χ1v) is 8.44. The number of aromatic nitrogens is 3. The number of nitrogens with two attached hydrogens (primary N) is 1. The highest BCUT2D eigenvalue weighted by molar-refractivity contribution is 7.98. The van der Waals surface area contributed by atoms with Gasteiger partial charge >= 0.3 is 0 Å². The standard InChI is InChI=1S/C16H14ClFN4OS/c17-12-5-3-4-11(8-12)10-24-16-21-20-15(22(16)19)9-23-14-7-2-1-6-13(14)18/h1-8H,9-10,19H2. The topological polar surface area (TPSA) is 66.0 Å². The van der Waals surface area contributed by atoms with E-state index in [1.165, 1.54) is 22.5 Å². The number of thioether (sulfide) groups is 1. The van der Waals surface area contributed by atoms with Crippen molar-refractivity contribution in [2.24, 2.45) is 0 Å². The second kappa shape index (κ2) is 7.55. The van der Waals surface area contributed by atoms with E-state index >= 15 is 0 Å². The van der Waals surface area contributed by atoms with Crippen LogP contribution in [0.4, 0.5) is 4.39 Å². The van der Waals surface area contributed by atoms with Crippen molar-refractivity contribution >= 4 is 23.4 Å². The smallest absolute Gasteiger partial charge is 0.210 e. The van der Waals surface area contributed by atoms with E-state index in [-0.39, 0.29) is 12.4 Å². The van der Waals surface area contributed by atoms with Gasteiger partial charge in [-0.1, -0.05) is 47.6 Å². The molecule has 2 N–H and O–H groups in total. The molecule has 5 nitrogen and oxygen atoms in total. The SMILES string of the molecule is Nn1c(COc2ccccc2F)nnc1SCc1cccc(Cl)c1. The lowest BCUT2D eigenvalue weighted by Crippen LogP contribution is -2.16. The van der Waals surface area contributed by atoms with E-state index in [0.717, 1.165) is 5.56 Å². The molecule has 0 saturated carbocycles. The Kier molecular flexibility index (Phi) is 5.22. The first-order valence-electron chi connectivity index (χ1n) is 7.07. The van der Waals surface area contributed by atoms with Crippen LogP contribution in [0.1, 0.15) is 11.4 Å². The highest BCUT2D eigenvalue weighted by Gasteiger charge is 2.12. The number of para-hydroxylation sites is 1. The largest absolute Gasteiger partial charge is 0.482 e. The van der Waals surface area contributed by atoms with Crippen molar-refractivity contribution in [3.63, 3.8) is 0 Å². The van der Waals surface area contributed by atoms with Crippen LogP contribution in [-0.2, 0) is 12.4 Å². The Morgan fingerprint density at radius 1 is 1.17 bits per heavy atom. The number of halogens is 2. The molecule has 0 aliphatic rings. The molecule has 0 aliphatic carbocycles. The second-order valence-corrected chi connectivity index (χ2v) is 6.29. The Balaban J connectivity index is 1.62. The molecule has 0 bridgehead atoms. The Morgan fingerprint density at radius 3 is 2.79 bits per heavy atom. The minimum atomic E-state index is -0.434. The Labute approximate surface area is 147 Å². The summed E-state index contributed by atoms with van der Waals surface area (Å²) in [5, 5.41) is 9.24. The first kappa shape index (κ1) is 16.6. The summed E-state index contributed by atoms with van der Waals surface area (Å²) in [7, 11) is 0. The number of hydrogen-bond acceptors (Lipinski definition) is 5. The molecule has 124 valence electrons. The van der Waals surface area contributed by atoms with Gasteiger partial charge in [0.15, 0.2) is 17.4 Å². The zero-order valence-corrected chi connectivity index (χ0v) is 14.1. The lowest BCUT2D eigenvalue weighted by atomic mass is 10.2. The summed E-state index contributed by atoms with van der Waals surface area (Å²) >= 11 is 7.39. The molecule has 2 aromatic carbocycles. The second-order valence-electron chi connectivity index (χ2n) is 4.91. The van der Waals surface area contributed by atoms with Gasteiger partial charge in [-0.3, -0.25) is 0 Å². The summed E-state index contributed by atoms with van der Waals surface area (Å²) in [5.74, 6) is 6.75. The molecule has 0 fully saturated rings. The molecule has 3 rings (SSSR count). The summed E-state index contributed by atoms with van der Waals surface area (Å²) in [6, 6.07) is 13.7. The molecule has 3 aromatic rings. The third kappa shape index (κ3) is 3.98. The van der Waals surface area contributed by atoms with Crippen LogP contribution >= 0.6 is 23.4 Å². The van der Waals surface area contributed by atoms with E-state index in [1.54, 1.807) is 18.2 Å². The van der Waals surface area contributed by atoms with Crippen LogP contribution in [0.25, 0.3) is 0 Å². The summed E-state index contributed by atoms with van der Waals surface area (Å²) in [6.45, 7) is 0.0299. The normalized spacial score (nSPS) is 10.8. The predicted molar refractivity (Wildman–Crippen MR) is 91.9 cm³/mol. The maximum Gasteiger partial charge on any atom is 0.210 e. The van der Waals surface area contributed by atoms with Crippen molar-refractivity contribution in [3.8, 4) is 5.75 Å². The van der Waals surface area contributed by atoms with Gasteiger partial charge in [-0.05, 0) is 29.8 Å². The minimum Gasteiger partial charge on any atom is -0.482 e. The number of nitrogens with zero attached hydrogens (tertiary/aromatic N) is 3. The molecule has 1 heterocycles. The maximum atomic E-state index is 13.5. The molecule has 0 atom stereocenters. The molecule has 0 radical (unpaired) electrons. The van der Waals surface area contributed by atoms with Crippen LogP contribution in [0.5, 0.6) is 5.75 Å².